The van der Waals surface area contributed by atoms with Crippen molar-refractivity contribution in [3.63, 3.8) is 0 Å². The van der Waals surface area contributed by atoms with Crippen LogP contribution in [0.3, 0.4) is 0 Å². The maximum absolute atomic E-state index is 5.90. The Balaban J connectivity index is 2.28. The average Bonchev–Trinajstić information content (AvgIpc) is 2.40. The maximum atomic E-state index is 5.90. The molecule has 2 N–H and O–H groups in total. The van der Waals surface area contributed by atoms with E-state index in [1.165, 1.54) is 0 Å². The molecular weight excluding hydrogens is 262 g/mol. The summed E-state index contributed by atoms with van der Waals surface area (Å²) in [6, 6.07) is 6.59. The van der Waals surface area contributed by atoms with Gasteiger partial charge in [-0.15, -0.1) is 0 Å². The largest absolute Gasteiger partial charge is 0.424 e. The lowest BCUT2D eigenvalue weighted by molar-refractivity contribution is 0.421. The Morgan fingerprint density at radius 1 is 1.14 bits per heavy atom. The molecule has 2 aromatic rings. The molecule has 0 unspecified atom stereocenters. The van der Waals surface area contributed by atoms with Crippen LogP contribution in [0.4, 0.5) is 0 Å². The molecule has 0 bridgehead atoms. The topological polar surface area (TPSA) is 61.0 Å². The second-order valence-corrected chi connectivity index (χ2v) is 6.26. The number of ether oxygens (including phenoxy) is 1. The minimum absolute atomic E-state index is 0.00250. The molecule has 0 amide bonds. The van der Waals surface area contributed by atoms with Gasteiger partial charge >= 0.3 is 6.01 Å². The van der Waals surface area contributed by atoms with Gasteiger partial charge in [0.25, 0.3) is 0 Å². The second kappa shape index (κ2) is 6.22. The second-order valence-electron chi connectivity index (χ2n) is 6.26. The van der Waals surface area contributed by atoms with Gasteiger partial charge in [-0.1, -0.05) is 32.9 Å². The molecule has 21 heavy (non-hydrogen) atoms. The molecule has 0 aliphatic heterocycles. The van der Waals surface area contributed by atoms with Gasteiger partial charge in [0.15, 0.2) is 0 Å². The third kappa shape index (κ3) is 4.02. The summed E-state index contributed by atoms with van der Waals surface area (Å²) in [5.74, 6) is 0.814. The lowest BCUT2D eigenvalue weighted by Gasteiger charge is -2.22. The third-order valence-corrected chi connectivity index (χ3v) is 3.26. The quantitative estimate of drug-likeness (QED) is 0.935. The molecule has 1 heterocycles. The minimum atomic E-state index is 0.00250. The standard InChI is InChI=1S/C17H23N3O/c1-12-5-6-14(17(2,3)4)15(9-12)21-16-19-10-13(7-8-18)11-20-16/h5-6,9-11H,7-8,18H2,1-4H3. The van der Waals surface area contributed by atoms with E-state index >= 15 is 0 Å². The Hall–Kier alpha value is -1.94. The van der Waals surface area contributed by atoms with Gasteiger partial charge < -0.3 is 10.5 Å². The lowest BCUT2D eigenvalue weighted by atomic mass is 9.86. The van der Waals surface area contributed by atoms with Crippen LogP contribution in [0.25, 0.3) is 0 Å². The fourth-order valence-electron chi connectivity index (χ4n) is 2.12. The van der Waals surface area contributed by atoms with Crippen molar-refractivity contribution in [2.45, 2.75) is 39.5 Å². The molecule has 0 spiro atoms. The molecule has 0 saturated carbocycles. The van der Waals surface area contributed by atoms with Crippen LogP contribution >= 0.6 is 0 Å². The van der Waals surface area contributed by atoms with E-state index in [1.807, 2.05) is 13.0 Å². The van der Waals surface area contributed by atoms with E-state index in [2.05, 4.69) is 42.9 Å². The summed E-state index contributed by atoms with van der Waals surface area (Å²) < 4.78 is 5.90. The number of rotatable bonds is 4. The highest BCUT2D eigenvalue weighted by atomic mass is 16.5. The molecule has 0 aliphatic carbocycles. The van der Waals surface area contributed by atoms with E-state index in [0.717, 1.165) is 28.9 Å². The number of hydrogen-bond donors (Lipinski definition) is 1. The number of hydrogen-bond acceptors (Lipinski definition) is 4. The summed E-state index contributed by atoms with van der Waals surface area (Å²) >= 11 is 0. The summed E-state index contributed by atoms with van der Waals surface area (Å²) in [6.45, 7) is 9.13. The predicted molar refractivity (Wildman–Crippen MR) is 84.7 cm³/mol. The third-order valence-electron chi connectivity index (χ3n) is 3.26. The van der Waals surface area contributed by atoms with Gasteiger partial charge in [-0.25, -0.2) is 9.97 Å². The summed E-state index contributed by atoms with van der Waals surface area (Å²) in [5, 5.41) is 0. The Bertz CT molecular complexity index is 600. The zero-order valence-electron chi connectivity index (χ0n) is 13.2. The van der Waals surface area contributed by atoms with Crippen molar-refractivity contribution in [1.29, 1.82) is 0 Å². The van der Waals surface area contributed by atoms with Crippen molar-refractivity contribution in [3.05, 3.63) is 47.3 Å². The van der Waals surface area contributed by atoms with E-state index < -0.39 is 0 Å². The predicted octanol–water partition coefficient (Wildman–Crippen LogP) is 3.38. The number of aromatic nitrogens is 2. The van der Waals surface area contributed by atoms with E-state index in [1.54, 1.807) is 12.4 Å². The van der Waals surface area contributed by atoms with Crippen LogP contribution < -0.4 is 10.5 Å². The molecule has 2 rings (SSSR count). The van der Waals surface area contributed by atoms with Gasteiger partial charge in [-0.3, -0.25) is 0 Å². The van der Waals surface area contributed by atoms with Crippen molar-refractivity contribution in [1.82, 2.24) is 9.97 Å². The molecule has 0 radical (unpaired) electrons. The number of aryl methyl sites for hydroxylation is 1. The number of nitrogens with two attached hydrogens (primary N) is 1. The molecule has 0 saturated heterocycles. The monoisotopic (exact) mass is 285 g/mol. The molecule has 0 fully saturated rings. The van der Waals surface area contributed by atoms with Gasteiger partial charge in [0, 0.05) is 18.0 Å². The molecule has 0 aliphatic rings. The molecule has 1 aromatic carbocycles. The molecule has 112 valence electrons. The SMILES string of the molecule is Cc1ccc(C(C)(C)C)c(Oc2ncc(CCN)cn2)c1. The van der Waals surface area contributed by atoms with E-state index in [4.69, 9.17) is 10.5 Å². The Morgan fingerprint density at radius 2 is 1.81 bits per heavy atom. The Kier molecular flexibility index (Phi) is 4.58. The Morgan fingerprint density at radius 3 is 2.38 bits per heavy atom. The normalized spacial score (nSPS) is 11.5. The first-order valence-corrected chi connectivity index (χ1v) is 7.20. The molecule has 1 aromatic heterocycles. The highest BCUT2D eigenvalue weighted by Gasteiger charge is 2.19. The van der Waals surface area contributed by atoms with E-state index in [9.17, 15) is 0 Å². The van der Waals surface area contributed by atoms with Gasteiger partial charge in [-0.05, 0) is 42.5 Å². The van der Waals surface area contributed by atoms with E-state index in [-0.39, 0.29) is 5.41 Å². The lowest BCUT2D eigenvalue weighted by Crippen LogP contribution is -2.13. The van der Waals surface area contributed by atoms with Crippen LogP contribution in [-0.4, -0.2) is 16.5 Å². The van der Waals surface area contributed by atoms with Gasteiger partial charge in [0.1, 0.15) is 5.75 Å². The molecular formula is C17H23N3O. The van der Waals surface area contributed by atoms with Crippen LogP contribution in [-0.2, 0) is 11.8 Å². The highest BCUT2D eigenvalue weighted by molar-refractivity contribution is 5.42. The van der Waals surface area contributed by atoms with Gasteiger partial charge in [-0.2, -0.15) is 0 Å². The Labute approximate surface area is 126 Å². The van der Waals surface area contributed by atoms with Crippen molar-refractivity contribution in [3.8, 4) is 11.8 Å². The zero-order valence-corrected chi connectivity index (χ0v) is 13.2. The molecule has 4 heteroatoms. The summed E-state index contributed by atoms with van der Waals surface area (Å²) in [5.41, 5.74) is 8.83. The molecule has 4 nitrogen and oxygen atoms in total. The maximum Gasteiger partial charge on any atom is 0.321 e. The average molecular weight is 285 g/mol. The summed E-state index contributed by atoms with van der Waals surface area (Å²) in [4.78, 5) is 8.51. The number of benzene rings is 1. The van der Waals surface area contributed by atoms with Crippen molar-refractivity contribution in [2.75, 3.05) is 6.54 Å². The van der Waals surface area contributed by atoms with Crippen LogP contribution in [0.1, 0.15) is 37.5 Å². The van der Waals surface area contributed by atoms with Crippen molar-refractivity contribution < 1.29 is 4.74 Å². The smallest absolute Gasteiger partial charge is 0.321 e. The first-order chi connectivity index (χ1) is 9.90. The van der Waals surface area contributed by atoms with Crippen molar-refractivity contribution in [2.24, 2.45) is 5.73 Å². The van der Waals surface area contributed by atoms with Crippen LogP contribution in [0.15, 0.2) is 30.6 Å². The zero-order chi connectivity index (χ0) is 15.5. The van der Waals surface area contributed by atoms with E-state index in [0.29, 0.717) is 12.6 Å². The van der Waals surface area contributed by atoms with Crippen LogP contribution in [0.5, 0.6) is 11.8 Å². The summed E-state index contributed by atoms with van der Waals surface area (Å²) in [7, 11) is 0. The van der Waals surface area contributed by atoms with Crippen LogP contribution in [0, 0.1) is 6.92 Å². The fraction of sp³-hybridized carbons (Fsp3) is 0.412. The molecule has 0 atom stereocenters. The van der Waals surface area contributed by atoms with Gasteiger partial charge in [0.05, 0.1) is 0 Å². The minimum Gasteiger partial charge on any atom is -0.424 e. The summed E-state index contributed by atoms with van der Waals surface area (Å²) in [6.07, 6.45) is 4.31. The van der Waals surface area contributed by atoms with Crippen molar-refractivity contribution >= 4 is 0 Å². The first-order valence-electron chi connectivity index (χ1n) is 7.20. The first kappa shape index (κ1) is 15.4. The number of nitrogens with zero attached hydrogens (tertiary/aromatic N) is 2. The van der Waals surface area contributed by atoms with Crippen LogP contribution in [0.2, 0.25) is 0 Å². The fourth-order valence-corrected chi connectivity index (χ4v) is 2.12. The van der Waals surface area contributed by atoms with Gasteiger partial charge in [0.2, 0.25) is 0 Å². The highest BCUT2D eigenvalue weighted by Crippen LogP contribution is 2.33.